The molecule has 0 bridgehead atoms. The van der Waals surface area contributed by atoms with Crippen molar-refractivity contribution < 1.29 is 14.7 Å². The minimum Gasteiger partial charge on any atom is -0.481 e. The first-order valence-electron chi connectivity index (χ1n) is 7.09. The second-order valence-electron chi connectivity index (χ2n) is 5.82. The Morgan fingerprint density at radius 1 is 1.11 bits per heavy atom. The molecule has 2 saturated carbocycles. The molecule has 3 unspecified atom stereocenters. The van der Waals surface area contributed by atoms with Crippen molar-refractivity contribution in [2.75, 3.05) is 0 Å². The molecular formula is C14H23NO3. The van der Waals surface area contributed by atoms with Crippen LogP contribution < -0.4 is 5.32 Å². The lowest BCUT2D eigenvalue weighted by Gasteiger charge is -2.15. The summed E-state index contributed by atoms with van der Waals surface area (Å²) in [5.41, 5.74) is 0. The summed E-state index contributed by atoms with van der Waals surface area (Å²) < 4.78 is 0. The van der Waals surface area contributed by atoms with Crippen molar-refractivity contribution in [2.45, 2.75) is 52.0 Å². The molecule has 0 aromatic carbocycles. The molecule has 2 aliphatic carbocycles. The summed E-state index contributed by atoms with van der Waals surface area (Å²) in [6.07, 6.45) is 4.52. The average Bonchev–Trinajstić information content (AvgIpc) is 2.93. The summed E-state index contributed by atoms with van der Waals surface area (Å²) >= 11 is 0. The fourth-order valence-electron chi connectivity index (χ4n) is 3.20. The van der Waals surface area contributed by atoms with Crippen LogP contribution in [0, 0.1) is 23.7 Å². The molecule has 18 heavy (non-hydrogen) atoms. The number of nitrogens with one attached hydrogen (secondary N) is 1. The number of carboxylic acid groups (broad SMARTS) is 1. The van der Waals surface area contributed by atoms with Crippen molar-refractivity contribution in [1.82, 2.24) is 5.32 Å². The van der Waals surface area contributed by atoms with E-state index in [-0.39, 0.29) is 11.8 Å². The van der Waals surface area contributed by atoms with Gasteiger partial charge in [0.1, 0.15) is 0 Å². The number of hydrogen-bond acceptors (Lipinski definition) is 2. The summed E-state index contributed by atoms with van der Waals surface area (Å²) in [4.78, 5) is 23.4. The van der Waals surface area contributed by atoms with Gasteiger partial charge in [0.2, 0.25) is 5.91 Å². The van der Waals surface area contributed by atoms with Crippen LogP contribution in [-0.4, -0.2) is 23.0 Å². The summed E-state index contributed by atoms with van der Waals surface area (Å²) in [5.74, 6) is -0.629. The van der Waals surface area contributed by atoms with Crippen LogP contribution in [0.1, 0.15) is 46.0 Å². The van der Waals surface area contributed by atoms with Crippen molar-refractivity contribution in [3.63, 3.8) is 0 Å². The summed E-state index contributed by atoms with van der Waals surface area (Å²) in [6.45, 7) is 4.19. The Balaban J connectivity index is 1.93. The number of aliphatic carboxylic acids is 1. The van der Waals surface area contributed by atoms with Gasteiger partial charge in [0, 0.05) is 6.04 Å². The van der Waals surface area contributed by atoms with Crippen molar-refractivity contribution in [3.05, 3.63) is 0 Å². The normalized spacial score (nSPS) is 38.4. The maximum absolute atomic E-state index is 12.2. The van der Waals surface area contributed by atoms with Gasteiger partial charge in [-0.15, -0.1) is 0 Å². The number of rotatable bonds is 5. The van der Waals surface area contributed by atoms with Crippen molar-refractivity contribution in [2.24, 2.45) is 23.7 Å². The maximum Gasteiger partial charge on any atom is 0.307 e. The molecule has 2 N–H and O–H groups in total. The van der Waals surface area contributed by atoms with Gasteiger partial charge >= 0.3 is 5.97 Å². The minimum absolute atomic E-state index is 0.0284. The largest absolute Gasteiger partial charge is 0.481 e. The monoisotopic (exact) mass is 253 g/mol. The van der Waals surface area contributed by atoms with E-state index < -0.39 is 11.9 Å². The molecular weight excluding hydrogens is 230 g/mol. The first kappa shape index (κ1) is 13.4. The fraction of sp³-hybridized carbons (Fsp3) is 0.857. The molecule has 5 atom stereocenters. The van der Waals surface area contributed by atoms with E-state index in [0.717, 1.165) is 25.7 Å². The molecule has 0 aliphatic heterocycles. The van der Waals surface area contributed by atoms with Crippen LogP contribution in [0.4, 0.5) is 0 Å². The topological polar surface area (TPSA) is 66.4 Å². The Morgan fingerprint density at radius 2 is 1.78 bits per heavy atom. The van der Waals surface area contributed by atoms with Crippen molar-refractivity contribution >= 4 is 11.9 Å². The molecule has 0 saturated heterocycles. The predicted molar refractivity (Wildman–Crippen MR) is 68.0 cm³/mol. The first-order chi connectivity index (χ1) is 8.56. The summed E-state index contributed by atoms with van der Waals surface area (Å²) in [7, 11) is 0. The molecule has 0 radical (unpaired) electrons. The third-order valence-corrected chi connectivity index (χ3v) is 4.67. The van der Waals surface area contributed by atoms with Gasteiger partial charge in [-0.3, -0.25) is 9.59 Å². The molecule has 2 fully saturated rings. The van der Waals surface area contributed by atoms with Gasteiger partial charge in [0.15, 0.2) is 0 Å². The van der Waals surface area contributed by atoms with Crippen LogP contribution in [0.2, 0.25) is 0 Å². The van der Waals surface area contributed by atoms with Crippen LogP contribution >= 0.6 is 0 Å². The summed E-state index contributed by atoms with van der Waals surface area (Å²) in [5, 5.41) is 12.2. The lowest BCUT2D eigenvalue weighted by Crippen LogP contribution is -2.37. The third kappa shape index (κ3) is 2.68. The zero-order chi connectivity index (χ0) is 13.3. The lowest BCUT2D eigenvalue weighted by atomic mass is 9.95. The van der Waals surface area contributed by atoms with E-state index in [1.54, 1.807) is 0 Å². The Labute approximate surface area is 108 Å². The van der Waals surface area contributed by atoms with Crippen molar-refractivity contribution in [3.8, 4) is 0 Å². The number of carbonyl (C=O) groups excluding carboxylic acids is 1. The van der Waals surface area contributed by atoms with E-state index in [1.165, 1.54) is 0 Å². The molecule has 2 aliphatic rings. The number of carboxylic acids is 1. The van der Waals surface area contributed by atoms with Crippen LogP contribution in [0.5, 0.6) is 0 Å². The van der Waals surface area contributed by atoms with Crippen LogP contribution in [-0.2, 0) is 9.59 Å². The Bertz CT molecular complexity index is 342. The molecule has 0 heterocycles. The van der Waals surface area contributed by atoms with Gasteiger partial charge in [-0.1, -0.05) is 26.7 Å². The van der Waals surface area contributed by atoms with Gasteiger partial charge in [-0.2, -0.15) is 0 Å². The predicted octanol–water partition coefficient (Wildman–Crippen LogP) is 2.04. The average molecular weight is 253 g/mol. The van der Waals surface area contributed by atoms with E-state index in [1.807, 2.05) is 0 Å². The maximum atomic E-state index is 12.2. The van der Waals surface area contributed by atoms with E-state index in [9.17, 15) is 14.7 Å². The highest BCUT2D eigenvalue weighted by Crippen LogP contribution is 2.40. The van der Waals surface area contributed by atoms with Crippen LogP contribution in [0.15, 0.2) is 0 Å². The third-order valence-electron chi connectivity index (χ3n) is 4.67. The molecule has 4 nitrogen and oxygen atoms in total. The van der Waals surface area contributed by atoms with Gasteiger partial charge in [-0.25, -0.2) is 0 Å². The van der Waals surface area contributed by atoms with E-state index in [0.29, 0.717) is 24.3 Å². The van der Waals surface area contributed by atoms with Crippen molar-refractivity contribution in [1.29, 1.82) is 0 Å². The molecule has 0 aromatic heterocycles. The SMILES string of the molecule is CCC1C[C@H](C(=O)NC2CC2CC)[C@H](C(=O)O)C1. The van der Waals surface area contributed by atoms with Gasteiger partial charge in [-0.05, 0) is 31.1 Å². The minimum atomic E-state index is -0.811. The van der Waals surface area contributed by atoms with Gasteiger partial charge in [0.05, 0.1) is 11.8 Å². The lowest BCUT2D eigenvalue weighted by molar-refractivity contribution is -0.146. The quantitative estimate of drug-likeness (QED) is 0.788. The zero-order valence-corrected chi connectivity index (χ0v) is 11.2. The van der Waals surface area contributed by atoms with Crippen LogP contribution in [0.25, 0.3) is 0 Å². The van der Waals surface area contributed by atoms with E-state index in [2.05, 4.69) is 19.2 Å². The Kier molecular flexibility index (Phi) is 3.93. The van der Waals surface area contributed by atoms with E-state index >= 15 is 0 Å². The fourth-order valence-corrected chi connectivity index (χ4v) is 3.20. The second kappa shape index (κ2) is 5.29. The molecule has 1 amide bonds. The molecule has 102 valence electrons. The molecule has 0 aromatic rings. The first-order valence-corrected chi connectivity index (χ1v) is 7.09. The number of hydrogen-bond donors (Lipinski definition) is 2. The smallest absolute Gasteiger partial charge is 0.307 e. The number of amides is 1. The highest BCUT2D eigenvalue weighted by atomic mass is 16.4. The molecule has 2 rings (SSSR count). The standard InChI is InChI=1S/C14H23NO3/c1-3-8-5-10(11(6-8)14(17)18)13(16)15-12-7-9(12)4-2/h8-12H,3-7H2,1-2H3,(H,15,16)(H,17,18)/t8?,9?,10-,11+,12?/m0/s1. The molecule has 4 heteroatoms. The zero-order valence-electron chi connectivity index (χ0n) is 11.2. The highest BCUT2D eigenvalue weighted by molar-refractivity contribution is 5.85. The van der Waals surface area contributed by atoms with Gasteiger partial charge in [0.25, 0.3) is 0 Å². The Hall–Kier alpha value is -1.06. The number of carbonyl (C=O) groups is 2. The summed E-state index contributed by atoms with van der Waals surface area (Å²) in [6, 6.07) is 0.303. The highest BCUT2D eigenvalue weighted by Gasteiger charge is 2.44. The van der Waals surface area contributed by atoms with E-state index in [4.69, 9.17) is 0 Å². The second-order valence-corrected chi connectivity index (χ2v) is 5.82. The Morgan fingerprint density at radius 3 is 2.28 bits per heavy atom. The molecule has 0 spiro atoms. The van der Waals surface area contributed by atoms with Crippen LogP contribution in [0.3, 0.4) is 0 Å². The van der Waals surface area contributed by atoms with Gasteiger partial charge < -0.3 is 10.4 Å².